The molecule has 0 amide bonds. The number of anilines is 2. The molecule has 2 aromatic carbocycles. The molecule has 0 fully saturated rings. The number of hydrogen-bond acceptors (Lipinski definition) is 3. The zero-order valence-corrected chi connectivity index (χ0v) is 12.9. The van der Waals surface area contributed by atoms with E-state index in [2.05, 4.69) is 0 Å². The molecule has 2 aromatic rings. The number of benzene rings is 2. The second-order valence-corrected chi connectivity index (χ2v) is 6.86. The van der Waals surface area contributed by atoms with Crippen LogP contribution in [0.3, 0.4) is 0 Å². The third-order valence-electron chi connectivity index (χ3n) is 2.78. The van der Waals surface area contributed by atoms with Gasteiger partial charge < -0.3 is 5.73 Å². The first-order valence-corrected chi connectivity index (χ1v) is 7.82. The molecule has 2 N–H and O–H groups in total. The van der Waals surface area contributed by atoms with E-state index in [0.29, 0.717) is 5.69 Å². The lowest BCUT2D eigenvalue weighted by molar-refractivity contribution is 0.595. The van der Waals surface area contributed by atoms with E-state index < -0.39 is 10.0 Å². The standard InChI is InChI=1S/C13H12Cl2N2O2S/c1-17(10-5-3-2-4-6-10)20(18,19)13-11(15)7-9(14)8-12(13)16/h2-8H,16H2,1H3. The molecule has 0 aromatic heterocycles. The lowest BCUT2D eigenvalue weighted by atomic mass is 10.3. The monoisotopic (exact) mass is 330 g/mol. The molecule has 0 spiro atoms. The molecule has 0 unspecified atom stereocenters. The van der Waals surface area contributed by atoms with E-state index in [1.807, 2.05) is 0 Å². The molecule has 0 atom stereocenters. The van der Waals surface area contributed by atoms with E-state index in [9.17, 15) is 8.42 Å². The van der Waals surface area contributed by atoms with Crippen molar-refractivity contribution >= 4 is 44.6 Å². The summed E-state index contributed by atoms with van der Waals surface area (Å²) in [6, 6.07) is 11.4. The molecule has 0 aliphatic rings. The van der Waals surface area contributed by atoms with Gasteiger partial charge in [-0.25, -0.2) is 8.42 Å². The predicted molar refractivity (Wildman–Crippen MR) is 82.9 cm³/mol. The molecule has 0 heterocycles. The van der Waals surface area contributed by atoms with Gasteiger partial charge >= 0.3 is 0 Å². The van der Waals surface area contributed by atoms with Crippen LogP contribution in [-0.4, -0.2) is 15.5 Å². The van der Waals surface area contributed by atoms with Crippen LogP contribution in [0.4, 0.5) is 11.4 Å². The highest BCUT2D eigenvalue weighted by Gasteiger charge is 2.27. The number of sulfonamides is 1. The van der Waals surface area contributed by atoms with Gasteiger partial charge in [-0.1, -0.05) is 41.4 Å². The van der Waals surface area contributed by atoms with E-state index in [-0.39, 0.29) is 20.6 Å². The first kappa shape index (κ1) is 15.0. The fourth-order valence-corrected chi connectivity index (χ4v) is 3.90. The molecule has 106 valence electrons. The molecule has 4 nitrogen and oxygen atoms in total. The average molecular weight is 331 g/mol. The smallest absolute Gasteiger partial charge is 0.267 e. The second-order valence-electron chi connectivity index (χ2n) is 4.11. The molecule has 0 saturated carbocycles. The third kappa shape index (κ3) is 2.70. The quantitative estimate of drug-likeness (QED) is 0.877. The summed E-state index contributed by atoms with van der Waals surface area (Å²) >= 11 is 11.8. The highest BCUT2D eigenvalue weighted by atomic mass is 35.5. The highest BCUT2D eigenvalue weighted by molar-refractivity contribution is 7.93. The van der Waals surface area contributed by atoms with Crippen LogP contribution in [0.25, 0.3) is 0 Å². The molecule has 0 saturated heterocycles. The number of para-hydroxylation sites is 1. The lowest BCUT2D eigenvalue weighted by Gasteiger charge is -2.21. The van der Waals surface area contributed by atoms with Crippen LogP contribution in [0.1, 0.15) is 0 Å². The summed E-state index contributed by atoms with van der Waals surface area (Å²) in [7, 11) is -2.41. The van der Waals surface area contributed by atoms with Crippen molar-refractivity contribution < 1.29 is 8.42 Å². The maximum Gasteiger partial charge on any atom is 0.267 e. The minimum atomic E-state index is -3.85. The van der Waals surface area contributed by atoms with Crippen LogP contribution in [0.15, 0.2) is 47.4 Å². The van der Waals surface area contributed by atoms with E-state index >= 15 is 0 Å². The third-order valence-corrected chi connectivity index (χ3v) is 5.31. The lowest BCUT2D eigenvalue weighted by Crippen LogP contribution is -2.27. The summed E-state index contributed by atoms with van der Waals surface area (Å²) in [4.78, 5) is -0.144. The van der Waals surface area contributed by atoms with E-state index in [0.717, 1.165) is 4.31 Å². The van der Waals surface area contributed by atoms with Gasteiger partial charge in [0.25, 0.3) is 10.0 Å². The molecule has 0 radical (unpaired) electrons. The maximum atomic E-state index is 12.6. The molecular weight excluding hydrogens is 319 g/mol. The van der Waals surface area contributed by atoms with Gasteiger partial charge in [-0.05, 0) is 24.3 Å². The largest absolute Gasteiger partial charge is 0.398 e. The van der Waals surface area contributed by atoms with Crippen LogP contribution in [0, 0.1) is 0 Å². The Morgan fingerprint density at radius 1 is 1.10 bits per heavy atom. The number of rotatable bonds is 3. The zero-order chi connectivity index (χ0) is 14.9. The van der Waals surface area contributed by atoms with E-state index in [4.69, 9.17) is 28.9 Å². The van der Waals surface area contributed by atoms with Crippen LogP contribution in [-0.2, 0) is 10.0 Å². The van der Waals surface area contributed by atoms with Crippen molar-refractivity contribution in [2.75, 3.05) is 17.1 Å². The molecule has 0 aliphatic carbocycles. The van der Waals surface area contributed by atoms with Gasteiger partial charge in [-0.15, -0.1) is 0 Å². The number of nitrogen functional groups attached to an aromatic ring is 1. The van der Waals surface area contributed by atoms with Crippen molar-refractivity contribution in [3.63, 3.8) is 0 Å². The summed E-state index contributed by atoms with van der Waals surface area (Å²) in [5.41, 5.74) is 6.28. The molecule has 20 heavy (non-hydrogen) atoms. The Balaban J connectivity index is 2.57. The van der Waals surface area contributed by atoms with Crippen molar-refractivity contribution in [2.45, 2.75) is 4.90 Å². The molecule has 0 aliphatic heterocycles. The van der Waals surface area contributed by atoms with Crippen LogP contribution < -0.4 is 10.0 Å². The summed E-state index contributed by atoms with van der Waals surface area (Å²) in [5, 5.41) is 0.284. The normalized spacial score (nSPS) is 11.3. The van der Waals surface area contributed by atoms with E-state index in [1.165, 1.54) is 19.2 Å². The van der Waals surface area contributed by atoms with E-state index in [1.54, 1.807) is 30.3 Å². The van der Waals surface area contributed by atoms with Crippen LogP contribution >= 0.6 is 23.2 Å². The summed E-state index contributed by atoms with van der Waals surface area (Å²) < 4.78 is 26.3. The van der Waals surface area contributed by atoms with Gasteiger partial charge in [-0.2, -0.15) is 0 Å². The van der Waals surface area contributed by atoms with Gasteiger partial charge in [0.05, 0.1) is 16.4 Å². The SMILES string of the molecule is CN(c1ccccc1)S(=O)(=O)c1c(N)cc(Cl)cc1Cl. The zero-order valence-electron chi connectivity index (χ0n) is 10.5. The van der Waals surface area contributed by atoms with Crippen molar-refractivity contribution in [3.05, 3.63) is 52.5 Å². The number of nitrogens with zero attached hydrogens (tertiary/aromatic N) is 1. The van der Waals surface area contributed by atoms with Crippen molar-refractivity contribution in [1.29, 1.82) is 0 Å². The summed E-state index contributed by atoms with van der Waals surface area (Å²) in [6.45, 7) is 0. The Morgan fingerprint density at radius 3 is 2.25 bits per heavy atom. The van der Waals surface area contributed by atoms with Crippen molar-refractivity contribution in [3.8, 4) is 0 Å². The van der Waals surface area contributed by atoms with Crippen LogP contribution in [0.2, 0.25) is 10.0 Å². The maximum absolute atomic E-state index is 12.6. The molecule has 7 heteroatoms. The minimum absolute atomic E-state index is 0.00205. The first-order valence-electron chi connectivity index (χ1n) is 5.62. The van der Waals surface area contributed by atoms with Gasteiger partial charge in [0.2, 0.25) is 0 Å². The summed E-state index contributed by atoms with van der Waals surface area (Å²) in [5.74, 6) is 0. The predicted octanol–water partition coefficient (Wildman–Crippen LogP) is 3.40. The van der Waals surface area contributed by atoms with Crippen molar-refractivity contribution in [2.24, 2.45) is 0 Å². The second kappa shape index (κ2) is 5.52. The molecule has 2 rings (SSSR count). The van der Waals surface area contributed by atoms with Gasteiger partial charge in [0.15, 0.2) is 0 Å². The molecule has 0 bridgehead atoms. The Bertz CT molecular complexity index is 710. The number of halogens is 2. The summed E-state index contributed by atoms with van der Waals surface area (Å²) in [6.07, 6.45) is 0. The highest BCUT2D eigenvalue weighted by Crippen LogP contribution is 2.34. The van der Waals surface area contributed by atoms with Crippen LogP contribution in [0.5, 0.6) is 0 Å². The topological polar surface area (TPSA) is 63.4 Å². The molecular formula is C13H12Cl2N2O2S. The van der Waals surface area contributed by atoms with Gasteiger partial charge in [0.1, 0.15) is 4.90 Å². The Kier molecular flexibility index (Phi) is 4.13. The minimum Gasteiger partial charge on any atom is -0.398 e. The fourth-order valence-electron chi connectivity index (χ4n) is 1.77. The van der Waals surface area contributed by atoms with Gasteiger partial charge in [-0.3, -0.25) is 4.31 Å². The fraction of sp³-hybridized carbons (Fsp3) is 0.0769. The Morgan fingerprint density at radius 2 is 1.70 bits per heavy atom. The van der Waals surface area contributed by atoms with Crippen molar-refractivity contribution in [1.82, 2.24) is 0 Å². The Labute approximate surface area is 127 Å². The average Bonchev–Trinajstić information content (AvgIpc) is 2.37. The first-order chi connectivity index (χ1) is 9.34. The number of nitrogens with two attached hydrogens (primary N) is 1. The van der Waals surface area contributed by atoms with Gasteiger partial charge in [0, 0.05) is 12.1 Å². The Hall–Kier alpha value is -1.43. The number of hydrogen-bond donors (Lipinski definition) is 1.